The van der Waals surface area contributed by atoms with Gasteiger partial charge in [-0.15, -0.1) is 11.3 Å². The van der Waals surface area contributed by atoms with Crippen molar-refractivity contribution in [3.8, 4) is 0 Å². The molecule has 2 rings (SSSR count). The molecule has 0 bridgehead atoms. The normalized spacial score (nSPS) is 11.2. The van der Waals surface area contributed by atoms with Crippen molar-refractivity contribution in [3.05, 3.63) is 35.2 Å². The molecule has 0 aliphatic carbocycles. The van der Waals surface area contributed by atoms with Crippen molar-refractivity contribution in [2.45, 2.75) is 39.0 Å². The van der Waals surface area contributed by atoms with E-state index in [0.29, 0.717) is 0 Å². The SMILES string of the molecule is CCOCCCCCCc1csc2ccccc12. The van der Waals surface area contributed by atoms with E-state index in [-0.39, 0.29) is 0 Å². The van der Waals surface area contributed by atoms with Gasteiger partial charge in [0.15, 0.2) is 0 Å². The van der Waals surface area contributed by atoms with Crippen molar-refractivity contribution >= 4 is 21.4 Å². The Morgan fingerprint density at radius 2 is 1.89 bits per heavy atom. The van der Waals surface area contributed by atoms with E-state index in [1.54, 1.807) is 0 Å². The highest BCUT2D eigenvalue weighted by Crippen LogP contribution is 2.26. The maximum Gasteiger partial charge on any atom is 0.0465 e. The molecule has 0 N–H and O–H groups in total. The highest BCUT2D eigenvalue weighted by molar-refractivity contribution is 7.17. The summed E-state index contributed by atoms with van der Waals surface area (Å²) < 4.78 is 6.77. The van der Waals surface area contributed by atoms with Crippen LogP contribution in [0.15, 0.2) is 29.6 Å². The van der Waals surface area contributed by atoms with Crippen LogP contribution in [0.25, 0.3) is 10.1 Å². The molecule has 98 valence electrons. The third-order valence-corrected chi connectivity index (χ3v) is 4.26. The van der Waals surface area contributed by atoms with E-state index < -0.39 is 0 Å². The van der Waals surface area contributed by atoms with Crippen LogP contribution < -0.4 is 0 Å². The van der Waals surface area contributed by atoms with Gasteiger partial charge in [0, 0.05) is 17.9 Å². The molecule has 2 heteroatoms. The summed E-state index contributed by atoms with van der Waals surface area (Å²) in [5.41, 5.74) is 1.53. The third-order valence-electron chi connectivity index (χ3n) is 3.25. The van der Waals surface area contributed by atoms with Crippen LogP contribution in [-0.4, -0.2) is 13.2 Å². The first-order valence-corrected chi connectivity index (χ1v) is 7.82. The molecule has 0 fully saturated rings. The van der Waals surface area contributed by atoms with Crippen molar-refractivity contribution in [1.82, 2.24) is 0 Å². The monoisotopic (exact) mass is 262 g/mol. The van der Waals surface area contributed by atoms with Crippen LogP contribution in [0.4, 0.5) is 0 Å². The van der Waals surface area contributed by atoms with Gasteiger partial charge in [-0.1, -0.05) is 31.0 Å². The topological polar surface area (TPSA) is 9.23 Å². The molecule has 0 saturated heterocycles. The number of benzene rings is 1. The quantitative estimate of drug-likeness (QED) is 0.605. The van der Waals surface area contributed by atoms with Gasteiger partial charge in [-0.3, -0.25) is 0 Å². The Labute approximate surface area is 114 Å². The van der Waals surface area contributed by atoms with Crippen LogP contribution in [0.1, 0.15) is 38.2 Å². The van der Waals surface area contributed by atoms with Gasteiger partial charge in [0.2, 0.25) is 0 Å². The van der Waals surface area contributed by atoms with E-state index in [1.165, 1.54) is 47.8 Å². The van der Waals surface area contributed by atoms with Gasteiger partial charge < -0.3 is 4.74 Å². The maximum absolute atomic E-state index is 5.35. The number of thiophene rings is 1. The second-order valence-corrected chi connectivity index (χ2v) is 5.53. The van der Waals surface area contributed by atoms with Crippen molar-refractivity contribution in [3.63, 3.8) is 0 Å². The molecule has 2 aromatic rings. The highest BCUT2D eigenvalue weighted by Gasteiger charge is 2.02. The summed E-state index contributed by atoms with van der Waals surface area (Å²) in [4.78, 5) is 0. The van der Waals surface area contributed by atoms with E-state index in [9.17, 15) is 0 Å². The first-order valence-electron chi connectivity index (χ1n) is 6.94. The second kappa shape index (κ2) is 7.55. The fourth-order valence-electron chi connectivity index (χ4n) is 2.24. The molecule has 0 unspecified atom stereocenters. The van der Waals surface area contributed by atoms with Crippen molar-refractivity contribution < 1.29 is 4.74 Å². The summed E-state index contributed by atoms with van der Waals surface area (Å²) in [5.74, 6) is 0. The van der Waals surface area contributed by atoms with Crippen LogP contribution in [0.5, 0.6) is 0 Å². The van der Waals surface area contributed by atoms with Gasteiger partial charge in [0.05, 0.1) is 0 Å². The molecule has 18 heavy (non-hydrogen) atoms. The second-order valence-electron chi connectivity index (χ2n) is 4.62. The van der Waals surface area contributed by atoms with E-state index in [4.69, 9.17) is 4.74 Å². The standard InChI is InChI=1S/C16H22OS/c1-2-17-12-8-4-3-5-9-14-13-18-16-11-7-6-10-15(14)16/h6-7,10-11,13H,2-5,8-9,12H2,1H3. The van der Waals surface area contributed by atoms with Crippen LogP contribution in [0.2, 0.25) is 0 Å². The average Bonchev–Trinajstić information content (AvgIpc) is 2.81. The first-order chi connectivity index (χ1) is 8.92. The molecule has 0 aliphatic heterocycles. The summed E-state index contributed by atoms with van der Waals surface area (Å²) in [5, 5.41) is 3.78. The Hall–Kier alpha value is -0.860. The minimum Gasteiger partial charge on any atom is -0.382 e. The van der Waals surface area contributed by atoms with Gasteiger partial charge in [-0.25, -0.2) is 0 Å². The summed E-state index contributed by atoms with van der Waals surface area (Å²) in [6.07, 6.45) is 6.34. The molecule has 1 aromatic heterocycles. The Bertz CT molecular complexity index is 461. The average molecular weight is 262 g/mol. The highest BCUT2D eigenvalue weighted by atomic mass is 32.1. The molecule has 0 aliphatic rings. The lowest BCUT2D eigenvalue weighted by Crippen LogP contribution is -1.93. The molecule has 1 aromatic carbocycles. The molecule has 1 nitrogen and oxygen atoms in total. The van der Waals surface area contributed by atoms with Gasteiger partial charge in [-0.05, 0) is 48.6 Å². The number of fused-ring (bicyclic) bond motifs is 1. The Balaban J connectivity index is 1.70. The smallest absolute Gasteiger partial charge is 0.0465 e. The van der Waals surface area contributed by atoms with E-state index in [1.807, 2.05) is 11.3 Å². The molecule has 0 amide bonds. The summed E-state index contributed by atoms with van der Waals surface area (Å²) in [7, 11) is 0. The van der Waals surface area contributed by atoms with E-state index in [0.717, 1.165) is 13.2 Å². The van der Waals surface area contributed by atoms with E-state index >= 15 is 0 Å². The molecular formula is C16H22OS. The molecule has 0 atom stereocenters. The lowest BCUT2D eigenvalue weighted by atomic mass is 10.1. The van der Waals surface area contributed by atoms with Crippen LogP contribution in [0, 0.1) is 0 Å². The summed E-state index contributed by atoms with van der Waals surface area (Å²) in [6.45, 7) is 3.83. The minimum absolute atomic E-state index is 0.848. The van der Waals surface area contributed by atoms with Crippen LogP contribution in [0.3, 0.4) is 0 Å². The lowest BCUT2D eigenvalue weighted by Gasteiger charge is -2.02. The fraction of sp³-hybridized carbons (Fsp3) is 0.500. The van der Waals surface area contributed by atoms with Crippen molar-refractivity contribution in [2.24, 2.45) is 0 Å². The number of ether oxygens (including phenoxy) is 1. The number of unbranched alkanes of at least 4 members (excludes halogenated alkanes) is 3. The van der Waals surface area contributed by atoms with Crippen molar-refractivity contribution in [1.29, 1.82) is 0 Å². The third kappa shape index (κ3) is 3.82. The largest absolute Gasteiger partial charge is 0.382 e. The van der Waals surface area contributed by atoms with E-state index in [2.05, 4.69) is 36.6 Å². The summed E-state index contributed by atoms with van der Waals surface area (Å²) >= 11 is 1.87. The minimum atomic E-state index is 0.848. The summed E-state index contributed by atoms with van der Waals surface area (Å²) in [6, 6.07) is 8.72. The number of hydrogen-bond donors (Lipinski definition) is 0. The Morgan fingerprint density at radius 1 is 1.06 bits per heavy atom. The van der Waals surface area contributed by atoms with Gasteiger partial charge >= 0.3 is 0 Å². The Morgan fingerprint density at radius 3 is 2.78 bits per heavy atom. The zero-order valence-electron chi connectivity index (χ0n) is 11.2. The van der Waals surface area contributed by atoms with Crippen LogP contribution >= 0.6 is 11.3 Å². The van der Waals surface area contributed by atoms with Gasteiger partial charge in [-0.2, -0.15) is 0 Å². The molecule has 0 spiro atoms. The predicted octanol–water partition coefficient (Wildman–Crippen LogP) is 5.04. The lowest BCUT2D eigenvalue weighted by molar-refractivity contribution is 0.143. The number of hydrogen-bond acceptors (Lipinski definition) is 2. The number of rotatable bonds is 8. The van der Waals surface area contributed by atoms with Gasteiger partial charge in [0.1, 0.15) is 0 Å². The predicted molar refractivity (Wildman–Crippen MR) is 80.5 cm³/mol. The molecular weight excluding hydrogens is 240 g/mol. The number of aryl methyl sites for hydroxylation is 1. The first kappa shape index (κ1) is 13.6. The van der Waals surface area contributed by atoms with Gasteiger partial charge in [0.25, 0.3) is 0 Å². The zero-order chi connectivity index (χ0) is 12.6. The van der Waals surface area contributed by atoms with Crippen molar-refractivity contribution in [2.75, 3.05) is 13.2 Å². The maximum atomic E-state index is 5.35. The Kier molecular flexibility index (Phi) is 5.69. The molecule has 1 heterocycles. The van der Waals surface area contributed by atoms with Crippen LogP contribution in [-0.2, 0) is 11.2 Å². The zero-order valence-corrected chi connectivity index (χ0v) is 12.0. The molecule has 0 saturated carbocycles. The fourth-order valence-corrected chi connectivity index (χ4v) is 3.24. The molecule has 0 radical (unpaired) electrons.